The van der Waals surface area contributed by atoms with Crippen molar-refractivity contribution < 1.29 is 4.79 Å². The number of halogens is 1. The van der Waals surface area contributed by atoms with Gasteiger partial charge in [-0.2, -0.15) is 0 Å². The van der Waals surface area contributed by atoms with Gasteiger partial charge in [-0.05, 0) is 36.8 Å². The first-order chi connectivity index (χ1) is 13.2. The summed E-state index contributed by atoms with van der Waals surface area (Å²) in [5.41, 5.74) is 1.98. The van der Waals surface area contributed by atoms with Crippen molar-refractivity contribution in [2.45, 2.75) is 20.0 Å². The van der Waals surface area contributed by atoms with Crippen LogP contribution < -0.4 is 5.32 Å². The van der Waals surface area contributed by atoms with Gasteiger partial charge < -0.3 is 15.1 Å². The molecule has 1 N–H and O–H groups in total. The van der Waals surface area contributed by atoms with E-state index in [1.54, 1.807) is 6.20 Å². The number of hydrogen-bond acceptors (Lipinski definition) is 3. The van der Waals surface area contributed by atoms with Crippen LogP contribution in [-0.2, 0) is 17.9 Å². The van der Waals surface area contributed by atoms with Gasteiger partial charge in [0.15, 0.2) is 5.96 Å². The molecule has 7 heteroatoms. The SMILES string of the molecule is CCNC(=NCc1ccccn1)N1CCN(Cc2ccc(Cl)cc2)C(=O)C1. The summed E-state index contributed by atoms with van der Waals surface area (Å²) in [6, 6.07) is 13.4. The van der Waals surface area contributed by atoms with E-state index >= 15 is 0 Å². The topological polar surface area (TPSA) is 60.8 Å². The molecule has 1 aliphatic rings. The Hall–Kier alpha value is -2.60. The van der Waals surface area contributed by atoms with Crippen LogP contribution in [0.5, 0.6) is 0 Å². The summed E-state index contributed by atoms with van der Waals surface area (Å²) >= 11 is 5.93. The number of guanidine groups is 1. The van der Waals surface area contributed by atoms with Crippen LogP contribution in [0.2, 0.25) is 5.02 Å². The second kappa shape index (κ2) is 9.37. The normalized spacial score (nSPS) is 15.2. The van der Waals surface area contributed by atoms with Crippen LogP contribution in [0.4, 0.5) is 0 Å². The fourth-order valence-corrected chi connectivity index (χ4v) is 3.07. The molecule has 1 amide bonds. The van der Waals surface area contributed by atoms with Crippen molar-refractivity contribution in [3.8, 4) is 0 Å². The van der Waals surface area contributed by atoms with Gasteiger partial charge in [-0.25, -0.2) is 4.99 Å². The lowest BCUT2D eigenvalue weighted by Gasteiger charge is -2.36. The molecule has 1 aromatic carbocycles. The van der Waals surface area contributed by atoms with Crippen molar-refractivity contribution in [3.05, 3.63) is 64.9 Å². The standard InChI is InChI=1S/C20H24ClN5O/c1-2-22-20(24-13-18-5-3-4-10-23-18)26-12-11-25(19(27)15-26)14-16-6-8-17(21)9-7-16/h3-10H,2,11-15H2,1H3,(H,22,24). The molecule has 0 bridgehead atoms. The van der Waals surface area contributed by atoms with E-state index < -0.39 is 0 Å². The average Bonchev–Trinajstić information content (AvgIpc) is 2.69. The summed E-state index contributed by atoms with van der Waals surface area (Å²) in [5, 5.41) is 3.98. The smallest absolute Gasteiger partial charge is 0.242 e. The summed E-state index contributed by atoms with van der Waals surface area (Å²) < 4.78 is 0. The van der Waals surface area contributed by atoms with E-state index in [2.05, 4.69) is 15.3 Å². The van der Waals surface area contributed by atoms with Gasteiger partial charge >= 0.3 is 0 Å². The van der Waals surface area contributed by atoms with E-state index in [1.165, 1.54) is 0 Å². The number of carbonyl (C=O) groups is 1. The molecular weight excluding hydrogens is 362 g/mol. The number of amides is 1. The summed E-state index contributed by atoms with van der Waals surface area (Å²) in [5.74, 6) is 0.849. The number of carbonyl (C=O) groups excluding carboxylic acids is 1. The number of nitrogens with zero attached hydrogens (tertiary/aromatic N) is 4. The first-order valence-corrected chi connectivity index (χ1v) is 9.49. The summed E-state index contributed by atoms with van der Waals surface area (Å²) in [7, 11) is 0. The minimum Gasteiger partial charge on any atom is -0.356 e. The average molecular weight is 386 g/mol. The third-order valence-corrected chi connectivity index (χ3v) is 4.61. The van der Waals surface area contributed by atoms with Crippen molar-refractivity contribution >= 4 is 23.5 Å². The van der Waals surface area contributed by atoms with Crippen LogP contribution in [0, 0.1) is 0 Å². The molecule has 27 heavy (non-hydrogen) atoms. The number of hydrogen-bond donors (Lipinski definition) is 1. The fraction of sp³-hybridized carbons (Fsp3) is 0.350. The Morgan fingerprint density at radius 2 is 2.04 bits per heavy atom. The molecular formula is C20H24ClN5O. The zero-order valence-corrected chi connectivity index (χ0v) is 16.2. The second-order valence-corrected chi connectivity index (χ2v) is 6.79. The van der Waals surface area contributed by atoms with E-state index in [4.69, 9.17) is 11.6 Å². The molecule has 0 atom stereocenters. The lowest BCUT2D eigenvalue weighted by molar-refractivity contribution is -0.135. The Balaban J connectivity index is 1.61. The number of piperazine rings is 1. The number of nitrogens with one attached hydrogen (secondary N) is 1. The Morgan fingerprint density at radius 1 is 1.22 bits per heavy atom. The maximum atomic E-state index is 12.6. The number of rotatable bonds is 5. The van der Waals surface area contributed by atoms with Gasteiger partial charge in [0.1, 0.15) is 0 Å². The third-order valence-electron chi connectivity index (χ3n) is 4.36. The molecule has 2 aromatic rings. The van der Waals surface area contributed by atoms with E-state index in [0.29, 0.717) is 31.2 Å². The molecule has 6 nitrogen and oxygen atoms in total. The van der Waals surface area contributed by atoms with Gasteiger partial charge in [0.25, 0.3) is 0 Å². The maximum absolute atomic E-state index is 12.6. The third kappa shape index (κ3) is 5.44. The monoisotopic (exact) mass is 385 g/mol. The van der Waals surface area contributed by atoms with Crippen LogP contribution in [-0.4, -0.2) is 52.8 Å². The molecule has 3 rings (SSSR count). The summed E-state index contributed by atoms with van der Waals surface area (Å²) in [4.78, 5) is 25.4. The molecule has 1 saturated heterocycles. The van der Waals surface area contributed by atoms with Crippen LogP contribution in [0.15, 0.2) is 53.7 Å². The maximum Gasteiger partial charge on any atom is 0.242 e. The van der Waals surface area contributed by atoms with E-state index in [-0.39, 0.29) is 5.91 Å². The molecule has 1 fully saturated rings. The van der Waals surface area contributed by atoms with Gasteiger partial charge in [-0.3, -0.25) is 9.78 Å². The predicted molar refractivity (Wildman–Crippen MR) is 107 cm³/mol. The van der Waals surface area contributed by atoms with E-state index in [0.717, 1.165) is 30.3 Å². The zero-order chi connectivity index (χ0) is 19.1. The van der Waals surface area contributed by atoms with Crippen molar-refractivity contribution in [1.29, 1.82) is 0 Å². The molecule has 0 radical (unpaired) electrons. The number of benzene rings is 1. The molecule has 0 saturated carbocycles. The number of pyridine rings is 1. The molecule has 0 spiro atoms. The first kappa shape index (κ1) is 19.2. The van der Waals surface area contributed by atoms with Crippen molar-refractivity contribution in [2.75, 3.05) is 26.2 Å². The lowest BCUT2D eigenvalue weighted by Crippen LogP contribution is -2.54. The highest BCUT2D eigenvalue weighted by molar-refractivity contribution is 6.30. The highest BCUT2D eigenvalue weighted by Gasteiger charge is 2.25. The molecule has 0 unspecified atom stereocenters. The largest absolute Gasteiger partial charge is 0.356 e. The van der Waals surface area contributed by atoms with Gasteiger partial charge in [0.05, 0.1) is 18.8 Å². The zero-order valence-electron chi connectivity index (χ0n) is 15.4. The first-order valence-electron chi connectivity index (χ1n) is 9.11. The van der Waals surface area contributed by atoms with Gasteiger partial charge in [0.2, 0.25) is 5.91 Å². The van der Waals surface area contributed by atoms with Crippen molar-refractivity contribution in [1.82, 2.24) is 20.1 Å². The molecule has 0 aliphatic carbocycles. The minimum atomic E-state index is 0.0969. The minimum absolute atomic E-state index is 0.0969. The number of aromatic nitrogens is 1. The van der Waals surface area contributed by atoms with Crippen molar-refractivity contribution in [3.63, 3.8) is 0 Å². The second-order valence-electron chi connectivity index (χ2n) is 6.35. The molecule has 1 aromatic heterocycles. The van der Waals surface area contributed by atoms with Crippen LogP contribution in [0.3, 0.4) is 0 Å². The van der Waals surface area contributed by atoms with E-state index in [1.807, 2.05) is 59.2 Å². The van der Waals surface area contributed by atoms with Gasteiger partial charge in [-0.15, -0.1) is 0 Å². The molecule has 142 valence electrons. The van der Waals surface area contributed by atoms with E-state index in [9.17, 15) is 4.79 Å². The van der Waals surface area contributed by atoms with Crippen LogP contribution in [0.25, 0.3) is 0 Å². The fourth-order valence-electron chi connectivity index (χ4n) is 2.94. The predicted octanol–water partition coefficient (Wildman–Crippen LogP) is 2.54. The highest BCUT2D eigenvalue weighted by Crippen LogP contribution is 2.14. The molecule has 1 aliphatic heterocycles. The Morgan fingerprint density at radius 3 is 2.70 bits per heavy atom. The van der Waals surface area contributed by atoms with Crippen molar-refractivity contribution in [2.24, 2.45) is 4.99 Å². The quantitative estimate of drug-likeness (QED) is 0.634. The van der Waals surface area contributed by atoms with Gasteiger partial charge in [0, 0.05) is 37.4 Å². The Kier molecular flexibility index (Phi) is 6.65. The Labute approximate surface area is 164 Å². The lowest BCUT2D eigenvalue weighted by atomic mass is 10.2. The number of aliphatic imine (C=N–C) groups is 1. The van der Waals surface area contributed by atoms with Crippen LogP contribution >= 0.6 is 11.6 Å². The summed E-state index contributed by atoms with van der Waals surface area (Å²) in [6.45, 7) is 5.59. The van der Waals surface area contributed by atoms with Crippen LogP contribution in [0.1, 0.15) is 18.2 Å². The van der Waals surface area contributed by atoms with Gasteiger partial charge in [-0.1, -0.05) is 29.8 Å². The molecule has 2 heterocycles. The Bertz CT molecular complexity index is 779. The summed E-state index contributed by atoms with van der Waals surface area (Å²) in [6.07, 6.45) is 1.76. The highest BCUT2D eigenvalue weighted by atomic mass is 35.5.